The number of hydrogen-bond acceptors (Lipinski definition) is 1. The average molecular weight is 189 g/mol. The zero-order valence-corrected chi connectivity index (χ0v) is 8.87. The molecule has 0 spiro atoms. The SMILES string of the molecule is CCCCC/C=C/Nc1ccccc1. The molecule has 0 aliphatic carbocycles. The minimum Gasteiger partial charge on any atom is -0.362 e. The predicted molar refractivity (Wildman–Crippen MR) is 63.3 cm³/mol. The van der Waals surface area contributed by atoms with E-state index in [-0.39, 0.29) is 0 Å². The Balaban J connectivity index is 2.14. The Bertz CT molecular complexity index is 251. The molecule has 0 radical (unpaired) electrons. The highest BCUT2D eigenvalue weighted by Gasteiger charge is 1.84. The van der Waals surface area contributed by atoms with Crippen LogP contribution >= 0.6 is 0 Å². The van der Waals surface area contributed by atoms with Gasteiger partial charge in [-0.1, -0.05) is 44.0 Å². The molecule has 0 bridgehead atoms. The highest BCUT2D eigenvalue weighted by Crippen LogP contribution is 2.05. The topological polar surface area (TPSA) is 12.0 Å². The normalized spacial score (nSPS) is 10.6. The van der Waals surface area contributed by atoms with Crippen molar-refractivity contribution in [2.45, 2.75) is 32.6 Å². The van der Waals surface area contributed by atoms with E-state index in [1.54, 1.807) is 0 Å². The third kappa shape index (κ3) is 4.70. The van der Waals surface area contributed by atoms with Crippen LogP contribution in [0.1, 0.15) is 32.6 Å². The summed E-state index contributed by atoms with van der Waals surface area (Å²) in [6.45, 7) is 2.23. The number of nitrogens with one attached hydrogen (secondary N) is 1. The maximum absolute atomic E-state index is 3.24. The van der Waals surface area contributed by atoms with Crippen LogP contribution in [0.5, 0.6) is 0 Å². The number of unbranched alkanes of at least 4 members (excludes halogenated alkanes) is 3. The van der Waals surface area contributed by atoms with Crippen LogP contribution in [0.3, 0.4) is 0 Å². The smallest absolute Gasteiger partial charge is 0.0379 e. The molecule has 1 rings (SSSR count). The fourth-order valence-electron chi connectivity index (χ4n) is 1.29. The van der Waals surface area contributed by atoms with Gasteiger partial charge in [0.25, 0.3) is 0 Å². The summed E-state index contributed by atoms with van der Waals surface area (Å²) < 4.78 is 0. The first-order chi connectivity index (χ1) is 6.93. The van der Waals surface area contributed by atoms with E-state index in [1.165, 1.54) is 25.7 Å². The standard InChI is InChI=1S/C13H19N/c1-2-3-4-5-9-12-14-13-10-7-6-8-11-13/h6-12,14H,2-5H2,1H3/b12-9+. The molecule has 1 N–H and O–H groups in total. The first kappa shape index (κ1) is 10.8. The van der Waals surface area contributed by atoms with Crippen LogP contribution in [0.25, 0.3) is 0 Å². The monoisotopic (exact) mass is 189 g/mol. The molecule has 1 aromatic carbocycles. The second kappa shape index (κ2) is 7.19. The molecule has 0 amide bonds. The molecule has 76 valence electrons. The van der Waals surface area contributed by atoms with E-state index in [0.29, 0.717) is 0 Å². The molecule has 1 nitrogen and oxygen atoms in total. The highest BCUT2D eigenvalue weighted by molar-refractivity contribution is 5.44. The van der Waals surface area contributed by atoms with Crippen molar-refractivity contribution >= 4 is 5.69 Å². The molecular weight excluding hydrogens is 170 g/mol. The summed E-state index contributed by atoms with van der Waals surface area (Å²) in [7, 11) is 0. The third-order valence-electron chi connectivity index (χ3n) is 2.12. The largest absolute Gasteiger partial charge is 0.362 e. The zero-order chi connectivity index (χ0) is 10.1. The minimum atomic E-state index is 1.15. The van der Waals surface area contributed by atoms with Gasteiger partial charge in [-0.3, -0.25) is 0 Å². The first-order valence-electron chi connectivity index (χ1n) is 5.40. The Labute approximate surface area is 86.8 Å². The molecule has 0 aliphatic heterocycles. The van der Waals surface area contributed by atoms with E-state index in [1.807, 2.05) is 24.4 Å². The van der Waals surface area contributed by atoms with Gasteiger partial charge >= 0.3 is 0 Å². The Hall–Kier alpha value is -1.24. The van der Waals surface area contributed by atoms with Gasteiger partial charge in [0, 0.05) is 5.69 Å². The molecule has 0 atom stereocenters. The maximum Gasteiger partial charge on any atom is 0.0379 e. The number of allylic oxidation sites excluding steroid dienone is 1. The van der Waals surface area contributed by atoms with Gasteiger partial charge in [-0.25, -0.2) is 0 Å². The van der Waals surface area contributed by atoms with Crippen molar-refractivity contribution in [2.24, 2.45) is 0 Å². The van der Waals surface area contributed by atoms with Crippen LogP contribution in [-0.4, -0.2) is 0 Å². The van der Waals surface area contributed by atoms with Crippen LogP contribution in [-0.2, 0) is 0 Å². The molecule has 0 aliphatic rings. The quantitative estimate of drug-likeness (QED) is 0.661. The van der Waals surface area contributed by atoms with E-state index < -0.39 is 0 Å². The third-order valence-corrected chi connectivity index (χ3v) is 2.12. The lowest BCUT2D eigenvalue weighted by Crippen LogP contribution is -1.85. The molecular formula is C13H19N. The van der Waals surface area contributed by atoms with Gasteiger partial charge in [0.05, 0.1) is 0 Å². The van der Waals surface area contributed by atoms with Gasteiger partial charge in [0.2, 0.25) is 0 Å². The molecule has 0 aromatic heterocycles. The van der Waals surface area contributed by atoms with E-state index in [0.717, 1.165) is 5.69 Å². The predicted octanol–water partition coefficient (Wildman–Crippen LogP) is 4.19. The summed E-state index contributed by atoms with van der Waals surface area (Å²) in [5.41, 5.74) is 1.15. The van der Waals surface area contributed by atoms with Crippen molar-refractivity contribution in [1.29, 1.82) is 0 Å². The van der Waals surface area contributed by atoms with Gasteiger partial charge in [0.15, 0.2) is 0 Å². The molecule has 1 heteroatoms. The molecule has 0 saturated carbocycles. The van der Waals surface area contributed by atoms with Crippen molar-refractivity contribution in [1.82, 2.24) is 0 Å². The van der Waals surface area contributed by atoms with Crippen LogP contribution in [0, 0.1) is 0 Å². The fourth-order valence-corrected chi connectivity index (χ4v) is 1.29. The number of anilines is 1. The lowest BCUT2D eigenvalue weighted by Gasteiger charge is -1.98. The number of para-hydroxylation sites is 1. The van der Waals surface area contributed by atoms with Gasteiger partial charge in [-0.2, -0.15) is 0 Å². The van der Waals surface area contributed by atoms with Crippen molar-refractivity contribution in [3.8, 4) is 0 Å². The van der Waals surface area contributed by atoms with E-state index >= 15 is 0 Å². The summed E-state index contributed by atoms with van der Waals surface area (Å²) in [5, 5.41) is 3.24. The Morgan fingerprint density at radius 3 is 2.64 bits per heavy atom. The highest BCUT2D eigenvalue weighted by atomic mass is 14.8. The summed E-state index contributed by atoms with van der Waals surface area (Å²) in [5.74, 6) is 0. The van der Waals surface area contributed by atoms with Gasteiger partial charge < -0.3 is 5.32 Å². The van der Waals surface area contributed by atoms with Gasteiger partial charge in [0.1, 0.15) is 0 Å². The van der Waals surface area contributed by atoms with Crippen molar-refractivity contribution < 1.29 is 0 Å². The second-order valence-corrected chi connectivity index (χ2v) is 3.41. The molecule has 0 heterocycles. The lowest BCUT2D eigenvalue weighted by molar-refractivity contribution is 0.729. The van der Waals surface area contributed by atoms with Crippen LogP contribution < -0.4 is 5.32 Å². The number of rotatable bonds is 6. The summed E-state index contributed by atoms with van der Waals surface area (Å²) >= 11 is 0. The average Bonchev–Trinajstić information content (AvgIpc) is 2.25. The van der Waals surface area contributed by atoms with Crippen LogP contribution in [0.4, 0.5) is 5.69 Å². The molecule has 0 unspecified atom stereocenters. The second-order valence-electron chi connectivity index (χ2n) is 3.41. The van der Waals surface area contributed by atoms with E-state index in [4.69, 9.17) is 0 Å². The molecule has 1 aromatic rings. The van der Waals surface area contributed by atoms with Crippen LogP contribution in [0.2, 0.25) is 0 Å². The number of hydrogen-bond donors (Lipinski definition) is 1. The van der Waals surface area contributed by atoms with E-state index in [2.05, 4.69) is 30.4 Å². The van der Waals surface area contributed by atoms with Gasteiger partial charge in [-0.15, -0.1) is 0 Å². The molecule has 0 saturated heterocycles. The number of benzene rings is 1. The van der Waals surface area contributed by atoms with Gasteiger partial charge in [-0.05, 0) is 31.2 Å². The minimum absolute atomic E-state index is 1.15. The zero-order valence-electron chi connectivity index (χ0n) is 8.87. The summed E-state index contributed by atoms with van der Waals surface area (Å²) in [6, 6.07) is 10.2. The van der Waals surface area contributed by atoms with Crippen LogP contribution in [0.15, 0.2) is 42.6 Å². The maximum atomic E-state index is 3.24. The Morgan fingerprint density at radius 2 is 1.93 bits per heavy atom. The lowest BCUT2D eigenvalue weighted by atomic mass is 10.2. The van der Waals surface area contributed by atoms with E-state index in [9.17, 15) is 0 Å². The summed E-state index contributed by atoms with van der Waals surface area (Å²) in [6.07, 6.45) is 9.32. The van der Waals surface area contributed by atoms with Crippen molar-refractivity contribution in [2.75, 3.05) is 5.32 Å². The fraction of sp³-hybridized carbons (Fsp3) is 0.385. The molecule has 0 fully saturated rings. The van der Waals surface area contributed by atoms with Crippen molar-refractivity contribution in [3.05, 3.63) is 42.6 Å². The first-order valence-corrected chi connectivity index (χ1v) is 5.40. The van der Waals surface area contributed by atoms with Crippen molar-refractivity contribution in [3.63, 3.8) is 0 Å². The Kier molecular flexibility index (Phi) is 5.57. The molecule has 14 heavy (non-hydrogen) atoms. The Morgan fingerprint density at radius 1 is 1.14 bits per heavy atom. The summed E-state index contributed by atoms with van der Waals surface area (Å²) in [4.78, 5) is 0.